The van der Waals surface area contributed by atoms with Gasteiger partial charge in [-0.25, -0.2) is 19.6 Å². The maximum absolute atomic E-state index is 12.8. The molecule has 12 heteroatoms. The predicted molar refractivity (Wildman–Crippen MR) is 120 cm³/mol. The van der Waals surface area contributed by atoms with Crippen LogP contribution in [0.3, 0.4) is 0 Å². The van der Waals surface area contributed by atoms with Crippen LogP contribution < -0.4 is 15.4 Å². The molecule has 0 radical (unpaired) electrons. The number of amides is 2. The molecule has 2 N–H and O–H groups in total. The van der Waals surface area contributed by atoms with Gasteiger partial charge in [0.2, 0.25) is 11.8 Å². The van der Waals surface area contributed by atoms with Gasteiger partial charge in [-0.1, -0.05) is 23.7 Å². The second-order valence-corrected chi connectivity index (χ2v) is 8.02. The fraction of sp³-hybridized carbons (Fsp3) is 0.200. The number of rotatable bonds is 7. The number of benzene rings is 1. The molecule has 1 aromatic carbocycles. The first-order valence-electron chi connectivity index (χ1n) is 9.50. The van der Waals surface area contributed by atoms with Crippen molar-refractivity contribution >= 4 is 50.9 Å². The molecule has 3 aromatic heterocycles. The van der Waals surface area contributed by atoms with E-state index in [0.717, 1.165) is 5.69 Å². The highest BCUT2D eigenvalue weighted by Crippen LogP contribution is 2.27. The number of carbonyl (C=O) groups excluding carboxylic acids is 2. The standard InChI is InChI=1S/C20H18ClN7O3S/c1-11-9-32-20(26-11)27-18(30)16(8-22-12(2)29)31-19-13-7-25-28(17(13)23-10-24-19)15-6-4-3-5-14(15)21/h3-7,9-10,16H,8H2,1-2H3,(H,22,29)(H,26,27,30). The zero-order chi connectivity index (χ0) is 22.7. The Morgan fingerprint density at radius 1 is 1.28 bits per heavy atom. The summed E-state index contributed by atoms with van der Waals surface area (Å²) < 4.78 is 7.47. The number of anilines is 1. The van der Waals surface area contributed by atoms with Crippen LogP contribution in [0.5, 0.6) is 5.88 Å². The first-order chi connectivity index (χ1) is 15.4. The topological polar surface area (TPSA) is 124 Å². The van der Waals surface area contributed by atoms with E-state index >= 15 is 0 Å². The summed E-state index contributed by atoms with van der Waals surface area (Å²) in [5.41, 5.74) is 1.88. The third-order valence-electron chi connectivity index (χ3n) is 4.34. The summed E-state index contributed by atoms with van der Waals surface area (Å²) in [4.78, 5) is 37.0. The van der Waals surface area contributed by atoms with Crippen molar-refractivity contribution in [2.24, 2.45) is 0 Å². The lowest BCUT2D eigenvalue weighted by molar-refractivity contribution is -0.123. The average Bonchev–Trinajstić information content (AvgIpc) is 3.37. The van der Waals surface area contributed by atoms with Crippen LogP contribution in [0.15, 0.2) is 42.2 Å². The Kier molecular flexibility index (Phi) is 6.28. The molecule has 10 nitrogen and oxygen atoms in total. The molecule has 32 heavy (non-hydrogen) atoms. The van der Waals surface area contributed by atoms with E-state index in [0.29, 0.717) is 26.9 Å². The number of thiazole rings is 1. The Morgan fingerprint density at radius 2 is 2.09 bits per heavy atom. The van der Waals surface area contributed by atoms with E-state index in [1.807, 2.05) is 24.4 Å². The summed E-state index contributed by atoms with van der Waals surface area (Å²) in [5.74, 6) is -0.622. The van der Waals surface area contributed by atoms with Gasteiger partial charge in [-0.15, -0.1) is 11.3 Å². The fourth-order valence-electron chi connectivity index (χ4n) is 2.87. The van der Waals surface area contributed by atoms with Gasteiger partial charge in [0.05, 0.1) is 29.1 Å². The molecule has 4 aromatic rings. The van der Waals surface area contributed by atoms with Gasteiger partial charge in [-0.3, -0.25) is 14.9 Å². The molecule has 0 bridgehead atoms. The smallest absolute Gasteiger partial charge is 0.269 e. The van der Waals surface area contributed by atoms with Gasteiger partial charge in [-0.05, 0) is 19.1 Å². The fourth-order valence-corrected chi connectivity index (χ4v) is 3.78. The molecule has 3 heterocycles. The monoisotopic (exact) mass is 471 g/mol. The Morgan fingerprint density at radius 3 is 2.81 bits per heavy atom. The molecule has 1 atom stereocenters. The minimum atomic E-state index is -1.06. The molecule has 4 rings (SSSR count). The number of aryl methyl sites for hydroxylation is 1. The van der Waals surface area contributed by atoms with Crippen LogP contribution >= 0.6 is 22.9 Å². The van der Waals surface area contributed by atoms with Gasteiger partial charge in [-0.2, -0.15) is 5.10 Å². The lowest BCUT2D eigenvalue weighted by atomic mass is 10.3. The van der Waals surface area contributed by atoms with Crippen molar-refractivity contribution in [1.82, 2.24) is 30.0 Å². The summed E-state index contributed by atoms with van der Waals surface area (Å²) >= 11 is 7.59. The molecule has 0 spiro atoms. The van der Waals surface area contributed by atoms with E-state index in [4.69, 9.17) is 16.3 Å². The summed E-state index contributed by atoms with van der Waals surface area (Å²) in [5, 5.41) is 12.9. The van der Waals surface area contributed by atoms with Crippen LogP contribution in [0.2, 0.25) is 5.02 Å². The number of hydrogen-bond acceptors (Lipinski definition) is 8. The Hall–Kier alpha value is -3.57. The van der Waals surface area contributed by atoms with Crippen molar-refractivity contribution in [3.05, 3.63) is 52.9 Å². The number of nitrogens with one attached hydrogen (secondary N) is 2. The third-order valence-corrected chi connectivity index (χ3v) is 5.54. The zero-order valence-electron chi connectivity index (χ0n) is 17.1. The molecule has 0 aliphatic rings. The molecule has 0 saturated carbocycles. The van der Waals surface area contributed by atoms with Crippen molar-refractivity contribution in [3.8, 4) is 11.6 Å². The quantitative estimate of drug-likeness (QED) is 0.424. The summed E-state index contributed by atoms with van der Waals surface area (Å²) in [7, 11) is 0. The molecular weight excluding hydrogens is 454 g/mol. The SMILES string of the molecule is CC(=O)NCC(Oc1ncnc2c1cnn2-c1ccccc1Cl)C(=O)Nc1nc(C)cs1. The number of ether oxygens (including phenoxy) is 1. The van der Waals surface area contributed by atoms with Gasteiger partial charge in [0.25, 0.3) is 5.91 Å². The third kappa shape index (κ3) is 4.68. The Balaban J connectivity index is 1.64. The maximum Gasteiger partial charge on any atom is 0.269 e. The molecule has 164 valence electrons. The molecule has 1 unspecified atom stereocenters. The van der Waals surface area contributed by atoms with E-state index in [1.165, 1.54) is 30.8 Å². The summed E-state index contributed by atoms with van der Waals surface area (Å²) in [6, 6.07) is 7.20. The molecule has 0 aliphatic carbocycles. The predicted octanol–water partition coefficient (Wildman–Crippen LogP) is 2.76. The molecule has 0 fully saturated rings. The van der Waals surface area contributed by atoms with Crippen LogP contribution in [0.25, 0.3) is 16.7 Å². The second-order valence-electron chi connectivity index (χ2n) is 6.75. The van der Waals surface area contributed by atoms with Crippen LogP contribution in [0.4, 0.5) is 5.13 Å². The number of carbonyl (C=O) groups is 2. The Labute approximate surface area is 191 Å². The van der Waals surface area contributed by atoms with E-state index in [-0.39, 0.29) is 18.3 Å². The number of halogens is 1. The maximum atomic E-state index is 12.8. The normalized spacial score (nSPS) is 11.8. The highest BCUT2D eigenvalue weighted by molar-refractivity contribution is 7.13. The largest absolute Gasteiger partial charge is 0.462 e. The minimum Gasteiger partial charge on any atom is -0.462 e. The van der Waals surface area contributed by atoms with Crippen LogP contribution in [0.1, 0.15) is 12.6 Å². The van der Waals surface area contributed by atoms with Crippen LogP contribution in [-0.2, 0) is 9.59 Å². The van der Waals surface area contributed by atoms with E-state index < -0.39 is 12.0 Å². The van der Waals surface area contributed by atoms with Gasteiger partial charge >= 0.3 is 0 Å². The molecule has 0 saturated heterocycles. The zero-order valence-corrected chi connectivity index (χ0v) is 18.6. The van der Waals surface area contributed by atoms with Crippen LogP contribution in [-0.4, -0.2) is 49.2 Å². The molecular formula is C20H18ClN7O3S. The van der Waals surface area contributed by atoms with Crippen molar-refractivity contribution in [1.29, 1.82) is 0 Å². The molecule has 0 aliphatic heterocycles. The number of nitrogens with zero attached hydrogens (tertiary/aromatic N) is 5. The lowest BCUT2D eigenvalue weighted by Crippen LogP contribution is -2.42. The highest BCUT2D eigenvalue weighted by atomic mass is 35.5. The van der Waals surface area contributed by atoms with Crippen molar-refractivity contribution in [2.75, 3.05) is 11.9 Å². The van der Waals surface area contributed by atoms with Crippen molar-refractivity contribution in [3.63, 3.8) is 0 Å². The summed E-state index contributed by atoms with van der Waals surface area (Å²) in [6.07, 6.45) is 1.78. The number of fused-ring (bicyclic) bond motifs is 1. The van der Waals surface area contributed by atoms with Gasteiger partial charge < -0.3 is 10.1 Å². The van der Waals surface area contributed by atoms with Gasteiger partial charge in [0.15, 0.2) is 16.9 Å². The van der Waals surface area contributed by atoms with Gasteiger partial charge in [0.1, 0.15) is 11.7 Å². The van der Waals surface area contributed by atoms with Crippen LogP contribution in [0, 0.1) is 6.92 Å². The average molecular weight is 472 g/mol. The van der Waals surface area contributed by atoms with E-state index in [9.17, 15) is 9.59 Å². The summed E-state index contributed by atoms with van der Waals surface area (Å²) in [6.45, 7) is 3.12. The van der Waals surface area contributed by atoms with E-state index in [2.05, 4.69) is 30.7 Å². The second kappa shape index (κ2) is 9.28. The molecule has 2 amide bonds. The van der Waals surface area contributed by atoms with E-state index in [1.54, 1.807) is 16.8 Å². The van der Waals surface area contributed by atoms with Crippen molar-refractivity contribution < 1.29 is 14.3 Å². The van der Waals surface area contributed by atoms with Gasteiger partial charge in [0, 0.05) is 12.3 Å². The lowest BCUT2D eigenvalue weighted by Gasteiger charge is -2.18. The first kappa shape index (κ1) is 21.7. The number of hydrogen-bond donors (Lipinski definition) is 2. The highest BCUT2D eigenvalue weighted by Gasteiger charge is 2.24. The minimum absolute atomic E-state index is 0.0599. The first-order valence-corrected chi connectivity index (χ1v) is 10.8. The Bertz CT molecular complexity index is 1290. The van der Waals surface area contributed by atoms with Crippen molar-refractivity contribution in [2.45, 2.75) is 20.0 Å². The number of aromatic nitrogens is 5. The number of para-hydroxylation sites is 1.